The summed E-state index contributed by atoms with van der Waals surface area (Å²) in [4.78, 5) is 196. The molecular weight excluding hydrogens is 1300 g/mol. The summed E-state index contributed by atoms with van der Waals surface area (Å²) in [6.45, 7) is 2.62. The monoisotopic (exact) mass is 1400 g/mol. The molecule has 548 valence electrons. The molecule has 98 heavy (non-hydrogen) atoms. The van der Waals surface area contributed by atoms with Gasteiger partial charge in [0.2, 0.25) is 70.9 Å². The highest BCUT2D eigenvalue weighted by Crippen LogP contribution is 2.24. The van der Waals surface area contributed by atoms with Crippen LogP contribution in [0.4, 0.5) is 0 Å². The van der Waals surface area contributed by atoms with E-state index in [1.54, 1.807) is 13.8 Å². The van der Waals surface area contributed by atoms with Crippen molar-refractivity contribution in [3.05, 3.63) is 18.2 Å². The van der Waals surface area contributed by atoms with E-state index in [1.807, 2.05) is 6.26 Å². The van der Waals surface area contributed by atoms with Gasteiger partial charge in [0, 0.05) is 57.5 Å². The summed E-state index contributed by atoms with van der Waals surface area (Å²) in [5.41, 5.74) is 39.5. The molecule has 12 amide bonds. The molecule has 4 rings (SSSR count). The van der Waals surface area contributed by atoms with Gasteiger partial charge in [0.1, 0.15) is 60.4 Å². The molecule has 37 nitrogen and oxygen atoms in total. The number of unbranched alkanes of at least 4 members (excludes halogenated alkanes) is 1. The van der Waals surface area contributed by atoms with E-state index in [1.165, 1.54) is 39.0 Å². The number of aromatic nitrogens is 2. The molecule has 38 heteroatoms. The standard InChI is InChI=1S/C60H102N22O15S/c1-33(2)27-40(77-50(88)37(12-6-21-69-59(64)65)74-55(93)44-15-9-24-81(44)56(94)38(13-7-22-70-60(66)67)75-48(86)35(62)17-18-46(63)84)51(89)79-42(31-83)53(91)78-41(28-34-29-68-32-72-34)52(90)73-36(11-4-5-20-61)49(87)71-30-47(85)80-23-8-14-43(80)54(92)76-39(19-26-98-3)57(95)82-25-10-16-45(82)58(96)97/h29,32-33,35-45,83H,4-28,30-31,61-62H2,1-3H3,(H2,63,84)(H,68,72)(H,71,87)(H,73,90)(H,74,93)(H,75,86)(H,76,92)(H,77,88)(H,78,91)(H,79,89)(H,96,97)(H4,64,65,69)(H4,66,67,70)/t35-,36-,37-,38+,39-,40+,41+,42-,43+,44+,45-/m1/s1. The molecule has 4 heterocycles. The number of guanidine groups is 2. The summed E-state index contributed by atoms with van der Waals surface area (Å²) in [5, 5.41) is 41.3. The number of amides is 12. The summed E-state index contributed by atoms with van der Waals surface area (Å²) in [5.74, 6) is -10.7. The van der Waals surface area contributed by atoms with Crippen molar-refractivity contribution in [3.8, 4) is 0 Å². The van der Waals surface area contributed by atoms with Crippen LogP contribution in [0.3, 0.4) is 0 Å². The minimum Gasteiger partial charge on any atom is -0.480 e. The molecular formula is C60H102N22O15S. The first kappa shape index (κ1) is 81.5. The highest BCUT2D eigenvalue weighted by molar-refractivity contribution is 7.98. The Bertz CT molecular complexity index is 2930. The molecule has 3 aliphatic heterocycles. The van der Waals surface area contributed by atoms with Gasteiger partial charge in [0.25, 0.3) is 0 Å². The zero-order valence-corrected chi connectivity index (χ0v) is 56.8. The van der Waals surface area contributed by atoms with E-state index >= 15 is 0 Å². The summed E-state index contributed by atoms with van der Waals surface area (Å²) >= 11 is 1.44. The van der Waals surface area contributed by atoms with Crippen LogP contribution in [-0.2, 0) is 68.7 Å². The molecule has 0 radical (unpaired) electrons. The molecule has 0 unspecified atom stereocenters. The van der Waals surface area contributed by atoms with Gasteiger partial charge in [-0.05, 0) is 127 Å². The first-order chi connectivity index (χ1) is 46.6. The average Bonchev–Trinajstić information content (AvgIpc) is 1.63. The van der Waals surface area contributed by atoms with Crippen LogP contribution >= 0.6 is 11.8 Å². The zero-order valence-electron chi connectivity index (χ0n) is 56.0. The first-order valence-corrected chi connectivity index (χ1v) is 34.5. The summed E-state index contributed by atoms with van der Waals surface area (Å²) < 4.78 is 0. The molecule has 0 saturated carbocycles. The van der Waals surface area contributed by atoms with Gasteiger partial charge < -0.3 is 113 Å². The van der Waals surface area contributed by atoms with Gasteiger partial charge in [0.15, 0.2) is 11.9 Å². The maximum atomic E-state index is 14.4. The van der Waals surface area contributed by atoms with Crippen LogP contribution < -0.4 is 82.7 Å². The lowest BCUT2D eigenvalue weighted by molar-refractivity contribution is -0.149. The number of carbonyl (C=O) groups is 13. The number of carboxylic acid groups (broad SMARTS) is 1. The smallest absolute Gasteiger partial charge is 0.326 e. The molecule has 1 aromatic rings. The van der Waals surface area contributed by atoms with Crippen LogP contribution in [0.5, 0.6) is 0 Å². The number of thioether (sulfide) groups is 1. The van der Waals surface area contributed by atoms with Crippen molar-refractivity contribution in [2.45, 2.75) is 196 Å². The van der Waals surface area contributed by atoms with Gasteiger partial charge >= 0.3 is 5.97 Å². The van der Waals surface area contributed by atoms with Gasteiger partial charge in [-0.25, -0.2) is 9.78 Å². The number of aliphatic carboxylic acids is 1. The third-order valence-corrected chi connectivity index (χ3v) is 17.3. The molecule has 3 aliphatic rings. The van der Waals surface area contributed by atoms with Crippen molar-refractivity contribution in [1.29, 1.82) is 0 Å². The van der Waals surface area contributed by atoms with Gasteiger partial charge in [-0.2, -0.15) is 11.8 Å². The highest BCUT2D eigenvalue weighted by Gasteiger charge is 2.43. The van der Waals surface area contributed by atoms with Crippen LogP contribution in [-0.4, -0.2) is 255 Å². The Morgan fingerprint density at radius 2 is 1.08 bits per heavy atom. The number of nitrogens with zero attached hydrogens (tertiary/aromatic N) is 6. The molecule has 0 aromatic carbocycles. The molecule has 11 atom stereocenters. The van der Waals surface area contributed by atoms with Gasteiger partial charge in [-0.3, -0.25) is 67.5 Å². The second kappa shape index (κ2) is 42.0. The molecule has 0 spiro atoms. The number of hydrogen-bond acceptors (Lipinski definition) is 20. The number of carbonyl (C=O) groups excluding carboxylic acids is 12. The van der Waals surface area contributed by atoms with Crippen molar-refractivity contribution in [2.24, 2.45) is 56.0 Å². The minimum absolute atomic E-state index is 0.00807. The molecule has 3 fully saturated rings. The normalized spacial score (nSPS) is 18.3. The van der Waals surface area contributed by atoms with Gasteiger partial charge in [-0.15, -0.1) is 0 Å². The number of rotatable bonds is 43. The predicted octanol–water partition coefficient (Wildman–Crippen LogP) is -6.86. The summed E-state index contributed by atoms with van der Waals surface area (Å²) in [6, 6.07) is -14.1. The fourth-order valence-corrected chi connectivity index (χ4v) is 12.0. The Labute approximate surface area is 572 Å². The van der Waals surface area contributed by atoms with E-state index in [-0.39, 0.29) is 141 Å². The lowest BCUT2D eigenvalue weighted by atomic mass is 10.0. The van der Waals surface area contributed by atoms with E-state index < -0.39 is 156 Å². The number of aliphatic hydroxyl groups is 1. The summed E-state index contributed by atoms with van der Waals surface area (Å²) in [7, 11) is 0. The fourth-order valence-electron chi connectivity index (χ4n) is 11.6. The summed E-state index contributed by atoms with van der Waals surface area (Å²) in [6.07, 6.45) is 7.01. The number of imidazole rings is 1. The van der Waals surface area contributed by atoms with Crippen LogP contribution in [0, 0.1) is 5.92 Å². The van der Waals surface area contributed by atoms with Gasteiger partial charge in [0.05, 0.1) is 25.5 Å². The Balaban J connectivity index is 1.50. The van der Waals surface area contributed by atoms with Crippen LogP contribution in [0.25, 0.3) is 0 Å². The number of aliphatic imine (C=N–C) groups is 2. The highest BCUT2D eigenvalue weighted by atomic mass is 32.2. The Hall–Kier alpha value is -8.91. The maximum Gasteiger partial charge on any atom is 0.326 e. The molecule has 1 aromatic heterocycles. The number of aliphatic hydroxyl groups excluding tert-OH is 1. The Morgan fingerprint density at radius 3 is 1.63 bits per heavy atom. The van der Waals surface area contributed by atoms with Crippen molar-refractivity contribution < 1.29 is 72.5 Å². The molecule has 0 aliphatic carbocycles. The van der Waals surface area contributed by atoms with Crippen molar-refractivity contribution in [1.82, 2.24) is 67.2 Å². The molecule has 0 bridgehead atoms. The third-order valence-electron chi connectivity index (χ3n) is 16.7. The Morgan fingerprint density at radius 1 is 0.602 bits per heavy atom. The molecule has 25 N–H and O–H groups in total. The van der Waals surface area contributed by atoms with Crippen LogP contribution in [0.1, 0.15) is 129 Å². The second-order valence-corrected chi connectivity index (χ2v) is 25.8. The SMILES string of the molecule is CSCC[C@@H](NC(=O)[C@@H]1CCCN1C(=O)CNC(=O)[C@@H](CCCCN)NC(=O)[C@H](Cc1cnc[nH]1)NC(=O)[C@@H](CO)NC(=O)[C@H](CC(C)C)NC(=O)[C@@H](CCCN=C(N)N)NC(=O)[C@@H]1CCCN1C(=O)[C@H](CCCN=C(N)N)NC(=O)[C@H](N)CCC(N)=O)C(=O)N1CCC[C@@H]1C(=O)O. The quantitative estimate of drug-likeness (QED) is 0.0164. The third kappa shape index (κ3) is 26.8. The number of primary amides is 1. The lowest BCUT2D eigenvalue weighted by Gasteiger charge is -2.31. The van der Waals surface area contributed by atoms with E-state index in [0.29, 0.717) is 43.6 Å². The fraction of sp³-hybridized carbons (Fsp3) is 0.700. The molecule has 3 saturated heterocycles. The van der Waals surface area contributed by atoms with E-state index in [2.05, 4.69) is 62.5 Å². The number of nitrogens with two attached hydrogens (primary N) is 7. The van der Waals surface area contributed by atoms with E-state index in [9.17, 15) is 72.5 Å². The second-order valence-electron chi connectivity index (χ2n) is 24.8. The largest absolute Gasteiger partial charge is 0.480 e. The van der Waals surface area contributed by atoms with Crippen molar-refractivity contribution >= 4 is 101 Å². The zero-order chi connectivity index (χ0) is 72.6. The maximum absolute atomic E-state index is 14.4. The number of hydrogen-bond donors (Lipinski definition) is 18. The van der Waals surface area contributed by atoms with E-state index in [4.69, 9.17) is 40.1 Å². The lowest BCUT2D eigenvalue weighted by Crippen LogP contribution is -2.61. The number of nitrogens with one attached hydrogen (secondary N) is 9. The van der Waals surface area contributed by atoms with Crippen LogP contribution in [0.15, 0.2) is 22.5 Å². The number of carboxylic acids is 1. The van der Waals surface area contributed by atoms with E-state index in [0.717, 1.165) is 0 Å². The Kier molecular flexibility index (Phi) is 35.0. The number of H-pyrrole nitrogens is 1. The van der Waals surface area contributed by atoms with Crippen molar-refractivity contribution in [2.75, 3.05) is 64.4 Å². The first-order valence-electron chi connectivity index (χ1n) is 33.1. The minimum atomic E-state index is -1.76. The van der Waals surface area contributed by atoms with Crippen LogP contribution in [0.2, 0.25) is 0 Å². The van der Waals surface area contributed by atoms with Crippen molar-refractivity contribution in [3.63, 3.8) is 0 Å². The number of aromatic amines is 1. The predicted molar refractivity (Wildman–Crippen MR) is 359 cm³/mol. The topological polar surface area (TPSA) is 604 Å². The number of likely N-dealkylation sites (tertiary alicyclic amines) is 3. The van der Waals surface area contributed by atoms with Gasteiger partial charge in [-0.1, -0.05) is 13.8 Å². The average molecular weight is 1400 g/mol.